The summed E-state index contributed by atoms with van der Waals surface area (Å²) in [7, 11) is 0. The highest BCUT2D eigenvalue weighted by Crippen LogP contribution is 2.24. The summed E-state index contributed by atoms with van der Waals surface area (Å²) in [4.78, 5) is 49.2. The van der Waals surface area contributed by atoms with Crippen LogP contribution in [0.4, 0.5) is 0 Å². The number of nitrogens with zero attached hydrogens (tertiary/aromatic N) is 1. The average Bonchev–Trinajstić information content (AvgIpc) is 2.87. The maximum Gasteiger partial charge on any atom is 0.262 e. The molecular weight excluding hydrogens is 346 g/mol. The van der Waals surface area contributed by atoms with Gasteiger partial charge in [-0.2, -0.15) is 0 Å². The van der Waals surface area contributed by atoms with Crippen LogP contribution >= 0.6 is 11.6 Å². The number of halogens is 1. The highest BCUT2D eigenvalue weighted by Gasteiger charge is 2.40. The highest BCUT2D eigenvalue weighted by atomic mass is 35.5. The Morgan fingerprint density at radius 2 is 1.64 bits per heavy atom. The van der Waals surface area contributed by atoms with Crippen LogP contribution in [0.25, 0.3) is 0 Å². The molecule has 1 heterocycles. The first kappa shape index (κ1) is 18.9. The zero-order chi connectivity index (χ0) is 18.4. The van der Waals surface area contributed by atoms with Crippen molar-refractivity contribution in [2.75, 3.05) is 19.0 Å². The molecule has 134 valence electrons. The third-order valence-electron chi connectivity index (χ3n) is 3.88. The van der Waals surface area contributed by atoms with Crippen LogP contribution in [-0.2, 0) is 9.59 Å². The van der Waals surface area contributed by atoms with Crippen molar-refractivity contribution in [2.45, 2.75) is 25.8 Å². The lowest BCUT2D eigenvalue weighted by Crippen LogP contribution is -2.49. The third-order valence-corrected chi connectivity index (χ3v) is 4.14. The number of amides is 4. The zero-order valence-electron chi connectivity index (χ0n) is 13.9. The van der Waals surface area contributed by atoms with E-state index in [0.717, 1.165) is 4.90 Å². The fourth-order valence-corrected chi connectivity index (χ4v) is 2.66. The van der Waals surface area contributed by atoms with Crippen LogP contribution in [0.2, 0.25) is 0 Å². The van der Waals surface area contributed by atoms with Crippen molar-refractivity contribution >= 4 is 35.2 Å². The molecule has 4 amide bonds. The average molecular weight is 366 g/mol. The second kappa shape index (κ2) is 8.62. The molecule has 1 unspecified atom stereocenters. The standard InChI is InChI=1S/C17H20ClN3O4/c1-11(15(23)20-10-9-19-14(22)7-4-8-18)21-16(24)12-5-2-3-6-13(12)17(21)25/h2-3,5-6,11H,4,7-10H2,1H3,(H,19,22)(H,20,23). The van der Waals surface area contributed by atoms with E-state index in [-0.39, 0.29) is 19.0 Å². The second-order valence-corrected chi connectivity index (χ2v) is 6.01. The van der Waals surface area contributed by atoms with Gasteiger partial charge in [0.15, 0.2) is 0 Å². The molecule has 8 heteroatoms. The predicted octanol–water partition coefficient (Wildman–Crippen LogP) is 0.922. The van der Waals surface area contributed by atoms with Crippen LogP contribution in [0.1, 0.15) is 40.5 Å². The van der Waals surface area contributed by atoms with Crippen molar-refractivity contribution in [1.29, 1.82) is 0 Å². The number of alkyl halides is 1. The molecule has 0 aromatic heterocycles. The fraction of sp³-hybridized carbons (Fsp3) is 0.412. The van der Waals surface area contributed by atoms with Gasteiger partial charge >= 0.3 is 0 Å². The summed E-state index contributed by atoms with van der Waals surface area (Å²) in [5.41, 5.74) is 0.609. The Kier molecular flexibility index (Phi) is 6.52. The molecular formula is C17H20ClN3O4. The van der Waals surface area contributed by atoms with E-state index in [1.165, 1.54) is 6.92 Å². The normalized spacial score (nSPS) is 14.2. The lowest BCUT2D eigenvalue weighted by molar-refractivity contribution is -0.125. The van der Waals surface area contributed by atoms with E-state index >= 15 is 0 Å². The number of carbonyl (C=O) groups excluding carboxylic acids is 4. The minimum Gasteiger partial charge on any atom is -0.354 e. The molecule has 0 aliphatic carbocycles. The number of fused-ring (bicyclic) bond motifs is 1. The number of benzene rings is 1. The summed E-state index contributed by atoms with van der Waals surface area (Å²) in [5, 5.41) is 5.27. The van der Waals surface area contributed by atoms with E-state index in [1.54, 1.807) is 24.3 Å². The number of nitrogens with one attached hydrogen (secondary N) is 2. The molecule has 0 saturated carbocycles. The van der Waals surface area contributed by atoms with Crippen molar-refractivity contribution in [2.24, 2.45) is 0 Å². The summed E-state index contributed by atoms with van der Waals surface area (Å²) < 4.78 is 0. The SMILES string of the molecule is CC(C(=O)NCCNC(=O)CCCCl)N1C(=O)c2ccccc2C1=O. The quantitative estimate of drug-likeness (QED) is 0.407. The van der Waals surface area contributed by atoms with Crippen LogP contribution in [0, 0.1) is 0 Å². The van der Waals surface area contributed by atoms with E-state index in [2.05, 4.69) is 10.6 Å². The minimum absolute atomic E-state index is 0.136. The van der Waals surface area contributed by atoms with Gasteiger partial charge in [0.2, 0.25) is 11.8 Å². The van der Waals surface area contributed by atoms with Crippen molar-refractivity contribution in [3.05, 3.63) is 35.4 Å². The fourth-order valence-electron chi connectivity index (χ4n) is 2.53. The Morgan fingerprint density at radius 3 is 2.20 bits per heavy atom. The van der Waals surface area contributed by atoms with Crippen molar-refractivity contribution in [3.8, 4) is 0 Å². The summed E-state index contributed by atoms with van der Waals surface area (Å²) in [5.74, 6) is -1.12. The largest absolute Gasteiger partial charge is 0.354 e. The molecule has 1 aromatic rings. The van der Waals surface area contributed by atoms with E-state index in [0.29, 0.717) is 29.8 Å². The van der Waals surface area contributed by atoms with Crippen molar-refractivity contribution in [1.82, 2.24) is 15.5 Å². The zero-order valence-corrected chi connectivity index (χ0v) is 14.6. The van der Waals surface area contributed by atoms with Gasteiger partial charge in [-0.05, 0) is 25.5 Å². The Morgan fingerprint density at radius 1 is 1.08 bits per heavy atom. The molecule has 1 aromatic carbocycles. The first-order chi connectivity index (χ1) is 12.0. The van der Waals surface area contributed by atoms with Crippen molar-refractivity contribution in [3.63, 3.8) is 0 Å². The van der Waals surface area contributed by atoms with E-state index in [4.69, 9.17) is 11.6 Å². The molecule has 0 fully saturated rings. The van der Waals surface area contributed by atoms with Gasteiger partial charge in [0.05, 0.1) is 11.1 Å². The van der Waals surface area contributed by atoms with Gasteiger partial charge < -0.3 is 10.6 Å². The molecule has 2 N–H and O–H groups in total. The molecule has 1 aliphatic rings. The van der Waals surface area contributed by atoms with Crippen LogP contribution in [0.15, 0.2) is 24.3 Å². The summed E-state index contributed by atoms with van der Waals surface area (Å²) >= 11 is 5.51. The first-order valence-corrected chi connectivity index (χ1v) is 8.58. The monoisotopic (exact) mass is 365 g/mol. The Hall–Kier alpha value is -2.41. The van der Waals surface area contributed by atoms with Crippen LogP contribution < -0.4 is 10.6 Å². The third kappa shape index (κ3) is 4.36. The molecule has 7 nitrogen and oxygen atoms in total. The summed E-state index contributed by atoms with van der Waals surface area (Å²) in [6.45, 7) is 1.97. The second-order valence-electron chi connectivity index (χ2n) is 5.64. The molecule has 2 rings (SSSR count). The maximum absolute atomic E-state index is 12.3. The van der Waals surface area contributed by atoms with Gasteiger partial charge in [-0.15, -0.1) is 11.6 Å². The number of rotatable bonds is 8. The molecule has 0 bridgehead atoms. The molecule has 0 saturated heterocycles. The van der Waals surface area contributed by atoms with Gasteiger partial charge in [-0.1, -0.05) is 12.1 Å². The number of imide groups is 1. The molecule has 1 atom stereocenters. The molecule has 0 spiro atoms. The lowest BCUT2D eigenvalue weighted by atomic mass is 10.1. The van der Waals surface area contributed by atoms with Crippen molar-refractivity contribution < 1.29 is 19.2 Å². The Labute approximate surface area is 150 Å². The van der Waals surface area contributed by atoms with E-state index < -0.39 is 23.8 Å². The summed E-state index contributed by atoms with van der Waals surface area (Å²) in [6, 6.07) is 5.54. The van der Waals surface area contributed by atoms with Gasteiger partial charge in [-0.25, -0.2) is 0 Å². The van der Waals surface area contributed by atoms with E-state index in [1.807, 2.05) is 0 Å². The molecule has 1 aliphatic heterocycles. The van der Waals surface area contributed by atoms with Gasteiger partial charge in [0, 0.05) is 25.4 Å². The summed E-state index contributed by atoms with van der Waals surface area (Å²) in [6.07, 6.45) is 0.930. The Bertz CT molecular complexity index is 657. The maximum atomic E-state index is 12.3. The number of hydrogen-bond donors (Lipinski definition) is 2. The molecule has 0 radical (unpaired) electrons. The first-order valence-electron chi connectivity index (χ1n) is 8.04. The topological polar surface area (TPSA) is 95.6 Å². The predicted molar refractivity (Wildman–Crippen MR) is 92.4 cm³/mol. The van der Waals surface area contributed by atoms with E-state index in [9.17, 15) is 19.2 Å². The number of carbonyl (C=O) groups is 4. The Balaban J connectivity index is 1.84. The highest BCUT2D eigenvalue weighted by molar-refractivity contribution is 6.22. The minimum atomic E-state index is -0.931. The smallest absolute Gasteiger partial charge is 0.262 e. The van der Waals surface area contributed by atoms with Gasteiger partial charge in [-0.3, -0.25) is 24.1 Å². The lowest BCUT2D eigenvalue weighted by Gasteiger charge is -2.21. The molecule has 25 heavy (non-hydrogen) atoms. The van der Waals surface area contributed by atoms with Crippen LogP contribution in [0.5, 0.6) is 0 Å². The van der Waals surface area contributed by atoms with Crippen LogP contribution in [0.3, 0.4) is 0 Å². The van der Waals surface area contributed by atoms with Gasteiger partial charge in [0.25, 0.3) is 11.8 Å². The number of hydrogen-bond acceptors (Lipinski definition) is 4. The van der Waals surface area contributed by atoms with Crippen LogP contribution in [-0.4, -0.2) is 53.5 Å². The van der Waals surface area contributed by atoms with Gasteiger partial charge in [0.1, 0.15) is 6.04 Å².